The van der Waals surface area contributed by atoms with E-state index in [1.165, 1.54) is 12.1 Å². The molecule has 0 radical (unpaired) electrons. The number of amides is 2. The number of carbonyl (C=O) groups is 2. The lowest BCUT2D eigenvalue weighted by Crippen LogP contribution is -2.43. The molecule has 0 bridgehead atoms. The molecule has 29 heavy (non-hydrogen) atoms. The summed E-state index contributed by atoms with van der Waals surface area (Å²) in [7, 11) is 1.58. The van der Waals surface area contributed by atoms with Gasteiger partial charge < -0.3 is 19.7 Å². The first-order chi connectivity index (χ1) is 14.1. The minimum atomic E-state index is -0.526. The summed E-state index contributed by atoms with van der Waals surface area (Å²) in [5, 5.41) is 2.79. The summed E-state index contributed by atoms with van der Waals surface area (Å²) in [6.45, 7) is 1.67. The Balaban J connectivity index is 1.40. The highest BCUT2D eigenvalue weighted by Gasteiger charge is 2.23. The van der Waals surface area contributed by atoms with Crippen LogP contribution in [0, 0.1) is 11.7 Å². The van der Waals surface area contributed by atoms with Crippen LogP contribution in [0.4, 0.5) is 4.39 Å². The van der Waals surface area contributed by atoms with Gasteiger partial charge in [-0.2, -0.15) is 0 Å². The van der Waals surface area contributed by atoms with Crippen LogP contribution < -0.4 is 14.8 Å². The Kier molecular flexibility index (Phi) is 7.05. The zero-order valence-electron chi connectivity index (χ0n) is 16.4. The van der Waals surface area contributed by atoms with Crippen molar-refractivity contribution in [2.45, 2.75) is 12.8 Å². The molecule has 1 aliphatic heterocycles. The minimum absolute atomic E-state index is 0.0259. The smallest absolute Gasteiger partial charge is 0.260 e. The maximum Gasteiger partial charge on any atom is 0.260 e. The second-order valence-electron chi connectivity index (χ2n) is 6.98. The summed E-state index contributed by atoms with van der Waals surface area (Å²) < 4.78 is 24.4. The van der Waals surface area contributed by atoms with E-state index in [0.717, 1.165) is 12.8 Å². The third-order valence-corrected chi connectivity index (χ3v) is 5.04. The van der Waals surface area contributed by atoms with Crippen molar-refractivity contribution in [2.75, 3.05) is 33.4 Å². The highest BCUT2D eigenvalue weighted by molar-refractivity contribution is 5.94. The molecule has 0 atom stereocenters. The third-order valence-electron chi connectivity index (χ3n) is 5.04. The number of carbonyl (C=O) groups excluding carboxylic acids is 2. The number of likely N-dealkylation sites (tertiary alicyclic amines) is 1. The summed E-state index contributed by atoms with van der Waals surface area (Å²) in [5.74, 6) is 0.516. The molecule has 1 saturated heterocycles. The molecule has 1 heterocycles. The molecule has 0 aromatic heterocycles. The lowest BCUT2D eigenvalue weighted by atomic mass is 9.96. The predicted molar refractivity (Wildman–Crippen MR) is 107 cm³/mol. The van der Waals surface area contributed by atoms with Crippen molar-refractivity contribution >= 4 is 11.8 Å². The molecule has 1 aliphatic rings. The molecular weight excluding hydrogens is 375 g/mol. The number of methoxy groups -OCH3 is 1. The number of hydrogen-bond donors (Lipinski definition) is 1. The van der Waals surface area contributed by atoms with E-state index < -0.39 is 11.7 Å². The van der Waals surface area contributed by atoms with Gasteiger partial charge in [0, 0.05) is 25.7 Å². The monoisotopic (exact) mass is 400 g/mol. The lowest BCUT2D eigenvalue weighted by molar-refractivity contribution is -0.134. The average molecular weight is 400 g/mol. The largest absolute Gasteiger partial charge is 0.497 e. The fourth-order valence-corrected chi connectivity index (χ4v) is 3.29. The van der Waals surface area contributed by atoms with Crippen molar-refractivity contribution in [1.82, 2.24) is 10.2 Å². The number of nitrogens with one attached hydrogen (secondary N) is 1. The fourth-order valence-electron chi connectivity index (χ4n) is 3.29. The Bertz CT molecular complexity index is 850. The van der Waals surface area contributed by atoms with Gasteiger partial charge in [-0.25, -0.2) is 4.39 Å². The van der Waals surface area contributed by atoms with E-state index in [2.05, 4.69) is 5.32 Å². The number of ether oxygens (including phenoxy) is 2. The topological polar surface area (TPSA) is 67.9 Å². The molecule has 2 aromatic carbocycles. The van der Waals surface area contributed by atoms with Crippen LogP contribution in [0.1, 0.15) is 23.2 Å². The molecule has 0 aliphatic carbocycles. The van der Waals surface area contributed by atoms with Crippen LogP contribution >= 0.6 is 0 Å². The van der Waals surface area contributed by atoms with E-state index in [1.54, 1.807) is 42.3 Å². The molecule has 2 amide bonds. The SMILES string of the molecule is COc1cccc(OCC(=O)N2CCC(CNC(=O)c3ccccc3F)CC2)c1. The van der Waals surface area contributed by atoms with Crippen LogP contribution in [-0.4, -0.2) is 50.1 Å². The Morgan fingerprint density at radius 1 is 1.10 bits per heavy atom. The predicted octanol–water partition coefficient (Wildman–Crippen LogP) is 2.88. The Morgan fingerprint density at radius 2 is 1.83 bits per heavy atom. The second kappa shape index (κ2) is 9.91. The molecular formula is C22H25FN2O4. The molecule has 7 heteroatoms. The van der Waals surface area contributed by atoms with Gasteiger partial charge in [0.15, 0.2) is 6.61 Å². The van der Waals surface area contributed by atoms with Crippen LogP contribution in [0.5, 0.6) is 11.5 Å². The van der Waals surface area contributed by atoms with Gasteiger partial charge in [-0.05, 0) is 43.0 Å². The molecule has 1 N–H and O–H groups in total. The highest BCUT2D eigenvalue weighted by Crippen LogP contribution is 2.20. The molecule has 0 saturated carbocycles. The van der Waals surface area contributed by atoms with Gasteiger partial charge in [-0.15, -0.1) is 0 Å². The van der Waals surface area contributed by atoms with Crippen molar-refractivity contribution in [3.8, 4) is 11.5 Å². The van der Waals surface area contributed by atoms with Crippen LogP contribution in [0.3, 0.4) is 0 Å². The zero-order valence-corrected chi connectivity index (χ0v) is 16.4. The second-order valence-corrected chi connectivity index (χ2v) is 6.98. The maximum atomic E-state index is 13.7. The first-order valence-electron chi connectivity index (χ1n) is 9.64. The van der Waals surface area contributed by atoms with E-state index in [0.29, 0.717) is 31.1 Å². The molecule has 1 fully saturated rings. The van der Waals surface area contributed by atoms with Gasteiger partial charge in [0.2, 0.25) is 0 Å². The van der Waals surface area contributed by atoms with Gasteiger partial charge in [0.1, 0.15) is 17.3 Å². The maximum absolute atomic E-state index is 13.7. The normalized spacial score (nSPS) is 14.3. The van der Waals surface area contributed by atoms with E-state index in [1.807, 2.05) is 6.07 Å². The quantitative estimate of drug-likeness (QED) is 0.776. The van der Waals surface area contributed by atoms with Crippen molar-refractivity contribution < 1.29 is 23.5 Å². The zero-order chi connectivity index (χ0) is 20.6. The number of halogens is 1. The molecule has 0 spiro atoms. The lowest BCUT2D eigenvalue weighted by Gasteiger charge is -2.32. The van der Waals surface area contributed by atoms with E-state index >= 15 is 0 Å². The Hall–Kier alpha value is -3.09. The summed E-state index contributed by atoms with van der Waals surface area (Å²) >= 11 is 0. The van der Waals surface area contributed by atoms with Crippen molar-refractivity contribution in [1.29, 1.82) is 0 Å². The van der Waals surface area contributed by atoms with Gasteiger partial charge >= 0.3 is 0 Å². The first-order valence-corrected chi connectivity index (χ1v) is 9.64. The number of benzene rings is 2. The summed E-state index contributed by atoms with van der Waals surface area (Å²) in [6.07, 6.45) is 1.56. The van der Waals surface area contributed by atoms with Crippen molar-refractivity contribution in [3.05, 3.63) is 59.9 Å². The first kappa shape index (κ1) is 20.6. The molecule has 0 unspecified atom stereocenters. The van der Waals surface area contributed by atoms with Crippen molar-refractivity contribution in [2.24, 2.45) is 5.92 Å². The standard InChI is InChI=1S/C22H25FN2O4/c1-28-17-5-4-6-18(13-17)29-15-21(26)25-11-9-16(10-12-25)14-24-22(27)19-7-2-3-8-20(19)23/h2-8,13,16H,9-12,14-15H2,1H3,(H,24,27). The number of nitrogens with zero attached hydrogens (tertiary/aromatic N) is 1. The molecule has 154 valence electrons. The minimum Gasteiger partial charge on any atom is -0.497 e. The third kappa shape index (κ3) is 5.70. The summed E-state index contributed by atoms with van der Waals surface area (Å²) in [4.78, 5) is 26.3. The van der Waals surface area contributed by atoms with E-state index in [-0.39, 0.29) is 24.0 Å². The summed E-state index contributed by atoms with van der Waals surface area (Å²) in [5.41, 5.74) is 0.0507. The van der Waals surface area contributed by atoms with E-state index in [4.69, 9.17) is 9.47 Å². The molecule has 3 rings (SSSR count). The molecule has 6 nitrogen and oxygen atoms in total. The van der Waals surface area contributed by atoms with Gasteiger partial charge in [-0.1, -0.05) is 18.2 Å². The number of piperidine rings is 1. The van der Waals surface area contributed by atoms with Gasteiger partial charge in [0.25, 0.3) is 11.8 Å². The average Bonchev–Trinajstić information content (AvgIpc) is 2.76. The van der Waals surface area contributed by atoms with Crippen LogP contribution in [0.2, 0.25) is 0 Å². The Labute approximate surface area is 169 Å². The number of rotatable bonds is 7. The van der Waals surface area contributed by atoms with Crippen LogP contribution in [0.15, 0.2) is 48.5 Å². The van der Waals surface area contributed by atoms with Gasteiger partial charge in [0.05, 0.1) is 12.7 Å². The molecule has 2 aromatic rings. The van der Waals surface area contributed by atoms with E-state index in [9.17, 15) is 14.0 Å². The summed E-state index contributed by atoms with van der Waals surface area (Å²) in [6, 6.07) is 13.1. The fraction of sp³-hybridized carbons (Fsp3) is 0.364. The van der Waals surface area contributed by atoms with Gasteiger partial charge in [-0.3, -0.25) is 9.59 Å². The Morgan fingerprint density at radius 3 is 2.55 bits per heavy atom. The van der Waals surface area contributed by atoms with Crippen LogP contribution in [0.25, 0.3) is 0 Å². The van der Waals surface area contributed by atoms with Crippen molar-refractivity contribution in [3.63, 3.8) is 0 Å². The highest BCUT2D eigenvalue weighted by atomic mass is 19.1. The number of hydrogen-bond acceptors (Lipinski definition) is 4. The van der Waals surface area contributed by atoms with Crippen LogP contribution in [-0.2, 0) is 4.79 Å².